The summed E-state index contributed by atoms with van der Waals surface area (Å²) in [4.78, 5) is 0. The average Bonchev–Trinajstić information content (AvgIpc) is 3.04. The minimum Gasteiger partial charge on any atom is -0.493 e. The van der Waals surface area contributed by atoms with Crippen molar-refractivity contribution in [3.8, 4) is 5.75 Å². The van der Waals surface area contributed by atoms with Crippen molar-refractivity contribution in [2.75, 3.05) is 11.9 Å². The third-order valence-corrected chi connectivity index (χ3v) is 3.99. The van der Waals surface area contributed by atoms with Crippen molar-refractivity contribution in [3.63, 3.8) is 0 Å². The molecule has 1 N–H and O–H groups in total. The number of nitrogens with one attached hydrogen (secondary N) is 1. The molecule has 2 aromatic rings. The molecule has 1 aliphatic heterocycles. The monoisotopic (exact) mass is 261 g/mol. The Balaban J connectivity index is 1.66. The molecule has 4 nitrogen and oxygen atoms in total. The van der Waals surface area contributed by atoms with Crippen molar-refractivity contribution >= 4 is 16.5 Å². The minimum absolute atomic E-state index is 0.783. The smallest absolute Gasteiger partial charge is 0.205 e. The van der Waals surface area contributed by atoms with Crippen LogP contribution in [0.1, 0.15) is 23.1 Å². The number of hydrogen-bond donors (Lipinski definition) is 1. The second kappa shape index (κ2) is 4.94. The first-order chi connectivity index (χ1) is 8.85. The molecular formula is C13H15N3OS. The molecule has 0 radical (unpaired) electrons. The highest BCUT2D eigenvalue weighted by molar-refractivity contribution is 7.15. The normalized spacial score (nSPS) is 13.2. The standard InChI is InChI=1S/C13H15N3OS/c1-2-12-15-16-13(18-12)14-8-9-3-4-11-10(7-9)5-6-17-11/h3-4,7H,2,5-6,8H2,1H3,(H,14,16). The molecule has 0 unspecified atom stereocenters. The summed E-state index contributed by atoms with van der Waals surface area (Å²) < 4.78 is 5.49. The molecule has 0 atom stereocenters. The first-order valence-corrected chi connectivity index (χ1v) is 6.97. The average molecular weight is 261 g/mol. The Morgan fingerprint density at radius 1 is 1.39 bits per heavy atom. The van der Waals surface area contributed by atoms with E-state index in [1.54, 1.807) is 11.3 Å². The van der Waals surface area contributed by atoms with Crippen molar-refractivity contribution in [1.29, 1.82) is 0 Å². The summed E-state index contributed by atoms with van der Waals surface area (Å²) in [6.45, 7) is 3.68. The van der Waals surface area contributed by atoms with Crippen LogP contribution in [0.15, 0.2) is 18.2 Å². The fourth-order valence-corrected chi connectivity index (χ4v) is 2.67. The zero-order valence-corrected chi connectivity index (χ0v) is 11.1. The Morgan fingerprint density at radius 2 is 2.33 bits per heavy atom. The van der Waals surface area contributed by atoms with Gasteiger partial charge in [0.25, 0.3) is 0 Å². The number of hydrogen-bond acceptors (Lipinski definition) is 5. The quantitative estimate of drug-likeness (QED) is 0.919. The van der Waals surface area contributed by atoms with Crippen LogP contribution in [-0.2, 0) is 19.4 Å². The summed E-state index contributed by atoms with van der Waals surface area (Å²) in [5.74, 6) is 1.03. The van der Waals surface area contributed by atoms with Crippen molar-refractivity contribution in [1.82, 2.24) is 10.2 Å². The molecule has 0 fully saturated rings. The molecule has 5 heteroatoms. The van der Waals surface area contributed by atoms with Crippen molar-refractivity contribution in [2.45, 2.75) is 26.3 Å². The number of aromatic nitrogens is 2. The molecular weight excluding hydrogens is 246 g/mol. The Kier molecular flexibility index (Phi) is 3.15. The van der Waals surface area contributed by atoms with Gasteiger partial charge in [-0.2, -0.15) is 0 Å². The van der Waals surface area contributed by atoms with E-state index in [1.165, 1.54) is 11.1 Å². The fraction of sp³-hybridized carbons (Fsp3) is 0.385. The van der Waals surface area contributed by atoms with Crippen LogP contribution < -0.4 is 10.1 Å². The van der Waals surface area contributed by atoms with Gasteiger partial charge in [0, 0.05) is 13.0 Å². The van der Waals surface area contributed by atoms with Crippen molar-refractivity contribution in [2.24, 2.45) is 0 Å². The van der Waals surface area contributed by atoms with E-state index in [2.05, 4.69) is 40.6 Å². The second-order valence-electron chi connectivity index (χ2n) is 4.25. The van der Waals surface area contributed by atoms with Gasteiger partial charge in [-0.1, -0.05) is 30.4 Å². The van der Waals surface area contributed by atoms with E-state index in [4.69, 9.17) is 4.74 Å². The molecule has 0 bridgehead atoms. The van der Waals surface area contributed by atoms with E-state index in [1.807, 2.05) is 0 Å². The third-order valence-electron chi connectivity index (χ3n) is 2.97. The van der Waals surface area contributed by atoms with Crippen LogP contribution in [0.3, 0.4) is 0 Å². The van der Waals surface area contributed by atoms with Gasteiger partial charge in [-0.15, -0.1) is 10.2 Å². The summed E-state index contributed by atoms with van der Waals surface area (Å²) in [6, 6.07) is 6.35. The lowest BCUT2D eigenvalue weighted by atomic mass is 10.1. The molecule has 1 aliphatic rings. The summed E-state index contributed by atoms with van der Waals surface area (Å²) in [7, 11) is 0. The second-order valence-corrected chi connectivity index (χ2v) is 5.31. The van der Waals surface area contributed by atoms with E-state index in [-0.39, 0.29) is 0 Å². The maximum absolute atomic E-state index is 5.49. The first kappa shape index (κ1) is 11.5. The highest BCUT2D eigenvalue weighted by Crippen LogP contribution is 2.26. The van der Waals surface area contributed by atoms with Crippen LogP contribution in [-0.4, -0.2) is 16.8 Å². The van der Waals surface area contributed by atoms with E-state index < -0.39 is 0 Å². The van der Waals surface area contributed by atoms with Gasteiger partial charge < -0.3 is 10.1 Å². The van der Waals surface area contributed by atoms with Gasteiger partial charge in [0.2, 0.25) is 5.13 Å². The van der Waals surface area contributed by atoms with Gasteiger partial charge in [0.1, 0.15) is 10.8 Å². The maximum Gasteiger partial charge on any atom is 0.205 e. The number of rotatable bonds is 4. The molecule has 0 aliphatic carbocycles. The maximum atomic E-state index is 5.49. The molecule has 3 rings (SSSR count). The van der Waals surface area contributed by atoms with Crippen LogP contribution in [0, 0.1) is 0 Å². The molecule has 0 saturated carbocycles. The van der Waals surface area contributed by atoms with Gasteiger partial charge in [-0.05, 0) is 23.6 Å². The Bertz CT molecular complexity index is 553. The first-order valence-electron chi connectivity index (χ1n) is 6.16. The highest BCUT2D eigenvalue weighted by atomic mass is 32.1. The number of anilines is 1. The lowest BCUT2D eigenvalue weighted by Gasteiger charge is -2.04. The molecule has 94 valence electrons. The number of benzene rings is 1. The number of aryl methyl sites for hydroxylation is 1. The Labute approximate surface area is 110 Å². The molecule has 18 heavy (non-hydrogen) atoms. The van der Waals surface area contributed by atoms with Crippen LogP contribution in [0.4, 0.5) is 5.13 Å². The van der Waals surface area contributed by atoms with E-state index >= 15 is 0 Å². The largest absolute Gasteiger partial charge is 0.493 e. The van der Waals surface area contributed by atoms with E-state index in [0.29, 0.717) is 0 Å². The molecule has 0 spiro atoms. The number of ether oxygens (including phenoxy) is 1. The van der Waals surface area contributed by atoms with Crippen molar-refractivity contribution in [3.05, 3.63) is 34.3 Å². The van der Waals surface area contributed by atoms with E-state index in [0.717, 1.165) is 41.9 Å². The fourth-order valence-electron chi connectivity index (χ4n) is 2.00. The number of nitrogens with zero attached hydrogens (tertiary/aromatic N) is 2. The molecule has 1 aromatic heterocycles. The third kappa shape index (κ3) is 2.31. The molecule has 1 aromatic carbocycles. The molecule has 0 saturated heterocycles. The Morgan fingerprint density at radius 3 is 3.17 bits per heavy atom. The molecule has 0 amide bonds. The lowest BCUT2D eigenvalue weighted by molar-refractivity contribution is 0.357. The Hall–Kier alpha value is -1.62. The summed E-state index contributed by atoms with van der Waals surface area (Å²) in [5.41, 5.74) is 2.56. The topological polar surface area (TPSA) is 47.0 Å². The molecule has 2 heterocycles. The van der Waals surface area contributed by atoms with Gasteiger partial charge in [-0.25, -0.2) is 0 Å². The lowest BCUT2D eigenvalue weighted by Crippen LogP contribution is -1.99. The van der Waals surface area contributed by atoms with Crippen LogP contribution >= 0.6 is 11.3 Å². The van der Waals surface area contributed by atoms with Gasteiger partial charge >= 0.3 is 0 Å². The highest BCUT2D eigenvalue weighted by Gasteiger charge is 2.12. The summed E-state index contributed by atoms with van der Waals surface area (Å²) in [5, 5.41) is 13.5. The van der Waals surface area contributed by atoms with Crippen LogP contribution in [0.5, 0.6) is 5.75 Å². The van der Waals surface area contributed by atoms with Crippen LogP contribution in [0.2, 0.25) is 0 Å². The van der Waals surface area contributed by atoms with Gasteiger partial charge in [0.05, 0.1) is 6.61 Å². The summed E-state index contributed by atoms with van der Waals surface area (Å²) >= 11 is 1.62. The predicted octanol–water partition coefficient (Wildman–Crippen LogP) is 2.65. The van der Waals surface area contributed by atoms with Crippen LogP contribution in [0.25, 0.3) is 0 Å². The van der Waals surface area contributed by atoms with Gasteiger partial charge in [0.15, 0.2) is 0 Å². The summed E-state index contributed by atoms with van der Waals surface area (Å²) in [6.07, 6.45) is 1.96. The zero-order valence-electron chi connectivity index (χ0n) is 10.3. The SMILES string of the molecule is CCc1nnc(NCc2ccc3c(c2)CCO3)s1. The minimum atomic E-state index is 0.783. The van der Waals surface area contributed by atoms with Gasteiger partial charge in [-0.3, -0.25) is 0 Å². The number of fused-ring (bicyclic) bond motifs is 1. The van der Waals surface area contributed by atoms with Crippen molar-refractivity contribution < 1.29 is 4.74 Å². The zero-order chi connectivity index (χ0) is 12.4. The van der Waals surface area contributed by atoms with E-state index in [9.17, 15) is 0 Å². The predicted molar refractivity (Wildman–Crippen MR) is 72.3 cm³/mol.